The molecule has 1 heterocycles. The minimum absolute atomic E-state index is 0.0315. The van der Waals surface area contributed by atoms with Crippen LogP contribution in [0, 0.1) is 5.92 Å². The Balaban J connectivity index is 2.05. The lowest BCUT2D eigenvalue weighted by atomic mass is 10.0. The molecule has 1 aromatic rings. The van der Waals surface area contributed by atoms with Crippen LogP contribution < -0.4 is 10.2 Å². The minimum Gasteiger partial charge on any atom is -0.453 e. The molecule has 1 aliphatic rings. The zero-order valence-electron chi connectivity index (χ0n) is 15.3. The number of hydrogen-bond acceptors (Lipinski definition) is 4. The van der Waals surface area contributed by atoms with Crippen molar-refractivity contribution in [2.24, 2.45) is 5.92 Å². The van der Waals surface area contributed by atoms with Crippen LogP contribution in [0.5, 0.6) is 0 Å². The van der Waals surface area contributed by atoms with Crippen LogP contribution in [0.15, 0.2) is 18.2 Å². The number of amides is 2. The maximum absolute atomic E-state index is 12.9. The minimum atomic E-state index is -0.598. The van der Waals surface area contributed by atoms with E-state index < -0.39 is 12.1 Å². The number of benzene rings is 1. The van der Waals surface area contributed by atoms with E-state index in [2.05, 4.69) is 15.0 Å². The normalized spacial score (nSPS) is 16.2. The van der Waals surface area contributed by atoms with Crippen molar-refractivity contribution in [3.05, 3.63) is 28.2 Å². The number of rotatable bonds is 4. The molecular weight excluding hydrogens is 377 g/mol. The Morgan fingerprint density at radius 3 is 2.46 bits per heavy atom. The van der Waals surface area contributed by atoms with E-state index >= 15 is 0 Å². The molecule has 26 heavy (non-hydrogen) atoms. The van der Waals surface area contributed by atoms with E-state index in [0.29, 0.717) is 29.7 Å². The molecule has 1 N–H and O–H groups in total. The molecule has 0 saturated carbocycles. The number of methoxy groups -OCH3 is 1. The highest BCUT2D eigenvalue weighted by atomic mass is 35.5. The van der Waals surface area contributed by atoms with Gasteiger partial charge in [0.25, 0.3) is 0 Å². The van der Waals surface area contributed by atoms with E-state index in [9.17, 15) is 9.59 Å². The third kappa shape index (κ3) is 5.17. The van der Waals surface area contributed by atoms with Gasteiger partial charge in [0.2, 0.25) is 5.91 Å². The zero-order chi connectivity index (χ0) is 19.3. The van der Waals surface area contributed by atoms with Crippen molar-refractivity contribution < 1.29 is 14.3 Å². The van der Waals surface area contributed by atoms with Crippen molar-refractivity contribution in [2.45, 2.75) is 26.3 Å². The fourth-order valence-electron chi connectivity index (χ4n) is 2.97. The summed E-state index contributed by atoms with van der Waals surface area (Å²) in [5.41, 5.74) is 0.988. The molecule has 0 aliphatic carbocycles. The van der Waals surface area contributed by atoms with Crippen molar-refractivity contribution in [1.82, 2.24) is 10.2 Å². The van der Waals surface area contributed by atoms with Gasteiger partial charge in [-0.05, 0) is 30.5 Å². The molecule has 1 atom stereocenters. The predicted molar refractivity (Wildman–Crippen MR) is 104 cm³/mol. The van der Waals surface area contributed by atoms with Gasteiger partial charge in [-0.3, -0.25) is 4.79 Å². The summed E-state index contributed by atoms with van der Waals surface area (Å²) in [7, 11) is 1.29. The molecular formula is C18H25Cl2N3O3. The maximum atomic E-state index is 12.9. The van der Waals surface area contributed by atoms with Gasteiger partial charge in [-0.15, -0.1) is 0 Å². The van der Waals surface area contributed by atoms with Gasteiger partial charge in [-0.1, -0.05) is 37.0 Å². The van der Waals surface area contributed by atoms with Gasteiger partial charge in [-0.2, -0.15) is 0 Å². The molecule has 1 fully saturated rings. The third-order valence-electron chi connectivity index (χ3n) is 4.47. The van der Waals surface area contributed by atoms with Crippen LogP contribution >= 0.6 is 23.2 Å². The van der Waals surface area contributed by atoms with Gasteiger partial charge in [0.05, 0.1) is 17.2 Å². The molecule has 6 nitrogen and oxygen atoms in total. The SMILES string of the molecule is COC(=O)N[C@@H](C(=O)N1CCCN(c2ccc(Cl)c(Cl)c2)CC1)C(C)C. The van der Waals surface area contributed by atoms with Crippen molar-refractivity contribution in [2.75, 3.05) is 38.2 Å². The largest absolute Gasteiger partial charge is 0.453 e. The first-order valence-corrected chi connectivity index (χ1v) is 9.42. The molecule has 2 amide bonds. The second kappa shape index (κ2) is 9.33. The van der Waals surface area contributed by atoms with E-state index in [0.717, 1.165) is 18.7 Å². The van der Waals surface area contributed by atoms with Crippen molar-refractivity contribution >= 4 is 40.9 Å². The smallest absolute Gasteiger partial charge is 0.407 e. The number of anilines is 1. The zero-order valence-corrected chi connectivity index (χ0v) is 16.8. The summed E-state index contributed by atoms with van der Waals surface area (Å²) in [6, 6.07) is 4.96. The fourth-order valence-corrected chi connectivity index (χ4v) is 3.27. The lowest BCUT2D eigenvalue weighted by Gasteiger charge is -2.29. The summed E-state index contributed by atoms with van der Waals surface area (Å²) >= 11 is 12.1. The quantitative estimate of drug-likeness (QED) is 0.839. The van der Waals surface area contributed by atoms with E-state index in [4.69, 9.17) is 23.2 Å². The molecule has 0 aromatic heterocycles. The van der Waals surface area contributed by atoms with Gasteiger partial charge >= 0.3 is 6.09 Å². The third-order valence-corrected chi connectivity index (χ3v) is 5.21. The maximum Gasteiger partial charge on any atom is 0.407 e. The van der Waals surface area contributed by atoms with Crippen molar-refractivity contribution in [1.29, 1.82) is 0 Å². The Kier molecular flexibility index (Phi) is 7.41. The fraction of sp³-hybridized carbons (Fsp3) is 0.556. The monoisotopic (exact) mass is 401 g/mol. The van der Waals surface area contributed by atoms with Gasteiger partial charge in [-0.25, -0.2) is 4.79 Å². The van der Waals surface area contributed by atoms with E-state index in [1.54, 1.807) is 11.0 Å². The molecule has 1 aromatic carbocycles. The average molecular weight is 402 g/mol. The van der Waals surface area contributed by atoms with Crippen LogP contribution in [0.4, 0.5) is 10.5 Å². The van der Waals surface area contributed by atoms with Crippen LogP contribution in [-0.4, -0.2) is 56.2 Å². The van der Waals surface area contributed by atoms with E-state index in [1.165, 1.54) is 7.11 Å². The Hall–Kier alpha value is -1.66. The first-order valence-electron chi connectivity index (χ1n) is 8.66. The average Bonchev–Trinajstić information content (AvgIpc) is 2.87. The number of alkyl carbamates (subject to hydrolysis) is 1. The molecule has 0 spiro atoms. The first-order chi connectivity index (χ1) is 12.3. The Labute approximate surface area is 164 Å². The first kappa shape index (κ1) is 20.6. The van der Waals surface area contributed by atoms with Crippen molar-refractivity contribution in [3.63, 3.8) is 0 Å². The van der Waals surface area contributed by atoms with Gasteiger partial charge in [0.15, 0.2) is 0 Å². The molecule has 0 unspecified atom stereocenters. The Bertz CT molecular complexity index is 655. The standard InChI is InChI=1S/C18H25Cl2N3O3/c1-12(2)16(21-18(25)26-3)17(24)23-8-4-7-22(9-10-23)13-5-6-14(19)15(20)11-13/h5-6,11-12,16H,4,7-10H2,1-3H3,(H,21,25)/t16-/m1/s1. The highest BCUT2D eigenvalue weighted by Gasteiger charge is 2.30. The summed E-state index contributed by atoms with van der Waals surface area (Å²) in [5.74, 6) is -0.114. The highest BCUT2D eigenvalue weighted by molar-refractivity contribution is 6.42. The summed E-state index contributed by atoms with van der Waals surface area (Å²) < 4.78 is 4.64. The summed E-state index contributed by atoms with van der Waals surface area (Å²) in [4.78, 5) is 28.4. The van der Waals surface area contributed by atoms with Crippen LogP contribution in [0.2, 0.25) is 10.0 Å². The Morgan fingerprint density at radius 1 is 1.12 bits per heavy atom. The molecule has 0 bridgehead atoms. The number of hydrogen-bond donors (Lipinski definition) is 1. The second-order valence-corrected chi connectivity index (χ2v) is 7.44. The lowest BCUT2D eigenvalue weighted by Crippen LogP contribution is -2.52. The molecule has 1 saturated heterocycles. The molecule has 2 rings (SSSR count). The number of nitrogens with one attached hydrogen (secondary N) is 1. The summed E-state index contributed by atoms with van der Waals surface area (Å²) in [6.45, 7) is 6.52. The van der Waals surface area contributed by atoms with E-state index in [1.807, 2.05) is 26.0 Å². The number of nitrogens with zero attached hydrogens (tertiary/aromatic N) is 2. The van der Waals surface area contributed by atoms with Gasteiger partial charge in [0, 0.05) is 31.9 Å². The summed E-state index contributed by atoms with van der Waals surface area (Å²) in [6.07, 6.45) is 0.235. The van der Waals surface area contributed by atoms with Crippen LogP contribution in [0.1, 0.15) is 20.3 Å². The van der Waals surface area contributed by atoms with E-state index in [-0.39, 0.29) is 11.8 Å². The number of carbonyl (C=O) groups is 2. The predicted octanol–water partition coefficient (Wildman–Crippen LogP) is 3.41. The van der Waals surface area contributed by atoms with Crippen LogP contribution in [0.25, 0.3) is 0 Å². The van der Waals surface area contributed by atoms with Gasteiger partial charge < -0.3 is 19.9 Å². The van der Waals surface area contributed by atoms with Crippen LogP contribution in [-0.2, 0) is 9.53 Å². The van der Waals surface area contributed by atoms with Crippen LogP contribution in [0.3, 0.4) is 0 Å². The molecule has 0 radical (unpaired) electrons. The lowest BCUT2D eigenvalue weighted by molar-refractivity contribution is -0.134. The number of ether oxygens (including phenoxy) is 1. The Morgan fingerprint density at radius 2 is 1.85 bits per heavy atom. The number of halogens is 2. The summed E-state index contributed by atoms with van der Waals surface area (Å²) in [5, 5.41) is 3.68. The highest BCUT2D eigenvalue weighted by Crippen LogP contribution is 2.27. The number of carbonyl (C=O) groups excluding carboxylic acids is 2. The van der Waals surface area contributed by atoms with Crippen molar-refractivity contribution in [3.8, 4) is 0 Å². The van der Waals surface area contributed by atoms with Gasteiger partial charge in [0.1, 0.15) is 6.04 Å². The molecule has 1 aliphatic heterocycles. The topological polar surface area (TPSA) is 61.9 Å². The molecule has 144 valence electrons. The molecule has 8 heteroatoms. The second-order valence-electron chi connectivity index (χ2n) is 6.62.